The van der Waals surface area contributed by atoms with Gasteiger partial charge >= 0.3 is 11.8 Å². The first-order valence-corrected chi connectivity index (χ1v) is 6.29. The predicted molar refractivity (Wildman–Crippen MR) is 75.2 cm³/mol. The molecular weight excluding hydrogens is 252 g/mol. The van der Waals surface area contributed by atoms with E-state index in [1.165, 1.54) is 4.90 Å². The van der Waals surface area contributed by atoms with E-state index in [1.54, 1.807) is 0 Å². The Morgan fingerprint density at radius 2 is 1.83 bits per heavy atom. The summed E-state index contributed by atoms with van der Waals surface area (Å²) >= 11 is 4.63. The van der Waals surface area contributed by atoms with E-state index >= 15 is 0 Å². The summed E-state index contributed by atoms with van der Waals surface area (Å²) in [7, 11) is 3.84. The number of hydrogen-bond acceptors (Lipinski definition) is 4. The van der Waals surface area contributed by atoms with E-state index < -0.39 is 11.8 Å². The van der Waals surface area contributed by atoms with Gasteiger partial charge in [0.15, 0.2) is 0 Å². The number of rotatable bonds is 7. The van der Waals surface area contributed by atoms with Crippen molar-refractivity contribution in [3.8, 4) is 0 Å². The van der Waals surface area contributed by atoms with Gasteiger partial charge in [-0.1, -0.05) is 19.1 Å². The summed E-state index contributed by atoms with van der Waals surface area (Å²) in [6.45, 7) is 3.82. The van der Waals surface area contributed by atoms with Crippen molar-refractivity contribution in [1.82, 2.24) is 15.1 Å². The van der Waals surface area contributed by atoms with Crippen LogP contribution in [0.2, 0.25) is 0 Å². The van der Waals surface area contributed by atoms with Crippen LogP contribution in [0.3, 0.4) is 0 Å². The summed E-state index contributed by atoms with van der Waals surface area (Å²) in [5, 5.41) is 2.40. The summed E-state index contributed by atoms with van der Waals surface area (Å²) in [4.78, 5) is 27.1. The molecular formula is C11H22N4O2S. The van der Waals surface area contributed by atoms with E-state index in [1.807, 2.05) is 25.9 Å². The third-order valence-corrected chi connectivity index (χ3v) is 2.36. The third kappa shape index (κ3) is 7.18. The Hall–Kier alpha value is -1.21. The van der Waals surface area contributed by atoms with Crippen LogP contribution < -0.4 is 11.1 Å². The predicted octanol–water partition coefficient (Wildman–Crippen LogP) is -0.811. The van der Waals surface area contributed by atoms with Gasteiger partial charge in [0.2, 0.25) is 0 Å². The van der Waals surface area contributed by atoms with Gasteiger partial charge in [-0.25, -0.2) is 0 Å². The molecule has 0 atom stereocenters. The normalized spacial score (nSPS) is 10.2. The van der Waals surface area contributed by atoms with Crippen molar-refractivity contribution in [3.63, 3.8) is 0 Å². The van der Waals surface area contributed by atoms with Crippen LogP contribution in [0, 0.1) is 0 Å². The summed E-state index contributed by atoms with van der Waals surface area (Å²) in [6, 6.07) is 0. The number of nitrogens with one attached hydrogen (secondary N) is 1. The Morgan fingerprint density at radius 1 is 1.22 bits per heavy atom. The molecule has 104 valence electrons. The average Bonchev–Trinajstić information content (AvgIpc) is 2.30. The number of carbonyl (C=O) groups is 2. The molecule has 0 aliphatic rings. The second-order valence-corrected chi connectivity index (χ2v) is 4.77. The van der Waals surface area contributed by atoms with Gasteiger partial charge in [0, 0.05) is 19.6 Å². The van der Waals surface area contributed by atoms with Gasteiger partial charge in [-0.15, -0.1) is 0 Å². The maximum absolute atomic E-state index is 11.9. The monoisotopic (exact) mass is 274 g/mol. The van der Waals surface area contributed by atoms with Crippen molar-refractivity contribution in [2.24, 2.45) is 5.73 Å². The second kappa shape index (κ2) is 8.82. The number of hydrogen-bond donors (Lipinski definition) is 2. The molecule has 0 aliphatic heterocycles. The first kappa shape index (κ1) is 16.8. The first-order chi connectivity index (χ1) is 8.38. The minimum absolute atomic E-state index is 0.0492. The van der Waals surface area contributed by atoms with Crippen molar-refractivity contribution in [2.45, 2.75) is 13.3 Å². The van der Waals surface area contributed by atoms with Crippen molar-refractivity contribution >= 4 is 29.0 Å². The fraction of sp³-hybridized carbons (Fsp3) is 0.727. The Bertz CT molecular complexity index is 307. The number of carbonyl (C=O) groups excluding carboxylic acids is 2. The molecule has 0 aliphatic carbocycles. The largest absolute Gasteiger partial charge is 0.392 e. The Morgan fingerprint density at radius 3 is 2.28 bits per heavy atom. The molecule has 6 nitrogen and oxygen atoms in total. The lowest BCUT2D eigenvalue weighted by Crippen LogP contribution is -2.47. The van der Waals surface area contributed by atoms with Gasteiger partial charge in [0.05, 0.1) is 11.5 Å². The molecule has 0 bridgehead atoms. The maximum Gasteiger partial charge on any atom is 0.311 e. The number of thiocarbonyl (C=S) groups is 1. The lowest BCUT2D eigenvalue weighted by Gasteiger charge is -2.23. The lowest BCUT2D eigenvalue weighted by molar-refractivity contribution is -0.145. The molecule has 2 amide bonds. The zero-order valence-electron chi connectivity index (χ0n) is 11.2. The van der Waals surface area contributed by atoms with Gasteiger partial charge < -0.3 is 20.9 Å². The molecule has 0 aromatic rings. The number of nitrogens with two attached hydrogens (primary N) is 1. The molecule has 0 fully saturated rings. The molecule has 0 unspecified atom stereocenters. The van der Waals surface area contributed by atoms with Crippen LogP contribution in [0.4, 0.5) is 0 Å². The van der Waals surface area contributed by atoms with Crippen LogP contribution in [0.5, 0.6) is 0 Å². The standard InChI is InChI=1S/C11H22N4O2S/c1-4-5-15(7-6-14(2)3)11(17)10(16)13-8-9(12)18/h4-8H2,1-3H3,(H2,12,18)(H,13,16). The highest BCUT2D eigenvalue weighted by Gasteiger charge is 2.20. The zero-order valence-corrected chi connectivity index (χ0v) is 12.0. The van der Waals surface area contributed by atoms with Crippen LogP contribution in [0.1, 0.15) is 13.3 Å². The molecule has 0 saturated heterocycles. The van der Waals surface area contributed by atoms with E-state index in [9.17, 15) is 9.59 Å². The van der Waals surface area contributed by atoms with E-state index in [0.29, 0.717) is 19.6 Å². The van der Waals surface area contributed by atoms with Crippen LogP contribution in [0.15, 0.2) is 0 Å². The summed E-state index contributed by atoms with van der Waals surface area (Å²) in [5.41, 5.74) is 5.26. The summed E-state index contributed by atoms with van der Waals surface area (Å²) in [5.74, 6) is -1.19. The van der Waals surface area contributed by atoms with Gasteiger partial charge in [-0.05, 0) is 20.5 Å². The Labute approximate surface area is 113 Å². The zero-order chi connectivity index (χ0) is 14.1. The molecule has 0 rings (SSSR count). The van der Waals surface area contributed by atoms with Crippen LogP contribution in [-0.2, 0) is 9.59 Å². The van der Waals surface area contributed by atoms with Gasteiger partial charge in [0.25, 0.3) is 0 Å². The van der Waals surface area contributed by atoms with Crippen LogP contribution in [0.25, 0.3) is 0 Å². The summed E-state index contributed by atoms with van der Waals surface area (Å²) < 4.78 is 0. The molecule has 3 N–H and O–H groups in total. The van der Waals surface area contributed by atoms with Crippen molar-refractivity contribution < 1.29 is 9.59 Å². The highest BCUT2D eigenvalue weighted by molar-refractivity contribution is 7.80. The first-order valence-electron chi connectivity index (χ1n) is 5.88. The third-order valence-electron chi connectivity index (χ3n) is 2.22. The molecule has 0 aromatic heterocycles. The maximum atomic E-state index is 11.9. The Balaban J connectivity index is 4.35. The van der Waals surface area contributed by atoms with Crippen molar-refractivity contribution in [2.75, 3.05) is 40.3 Å². The van der Waals surface area contributed by atoms with Crippen molar-refractivity contribution in [3.05, 3.63) is 0 Å². The second-order valence-electron chi connectivity index (χ2n) is 4.24. The molecule has 0 aromatic carbocycles. The fourth-order valence-electron chi connectivity index (χ4n) is 1.29. The molecule has 0 spiro atoms. The molecule has 0 saturated carbocycles. The van der Waals surface area contributed by atoms with E-state index in [0.717, 1.165) is 6.42 Å². The smallest absolute Gasteiger partial charge is 0.311 e. The highest BCUT2D eigenvalue weighted by atomic mass is 32.1. The SMILES string of the molecule is CCCN(CCN(C)C)C(=O)C(=O)NCC(N)=S. The minimum atomic E-state index is -0.657. The summed E-state index contributed by atoms with van der Waals surface area (Å²) in [6.07, 6.45) is 0.807. The molecule has 0 radical (unpaired) electrons. The number of amides is 2. The van der Waals surface area contributed by atoms with E-state index in [4.69, 9.17) is 5.73 Å². The van der Waals surface area contributed by atoms with E-state index in [2.05, 4.69) is 17.5 Å². The fourth-order valence-corrected chi connectivity index (χ4v) is 1.36. The molecule has 0 heterocycles. The lowest BCUT2D eigenvalue weighted by atomic mass is 10.3. The highest BCUT2D eigenvalue weighted by Crippen LogP contribution is 1.94. The molecule has 7 heteroatoms. The topological polar surface area (TPSA) is 78.7 Å². The van der Waals surface area contributed by atoms with Gasteiger partial charge in [-0.2, -0.15) is 0 Å². The van der Waals surface area contributed by atoms with Crippen molar-refractivity contribution in [1.29, 1.82) is 0 Å². The number of nitrogens with zero attached hydrogens (tertiary/aromatic N) is 2. The average molecular weight is 274 g/mol. The van der Waals surface area contributed by atoms with E-state index in [-0.39, 0.29) is 11.5 Å². The van der Waals surface area contributed by atoms with Gasteiger partial charge in [-0.3, -0.25) is 9.59 Å². The van der Waals surface area contributed by atoms with Crippen LogP contribution >= 0.6 is 12.2 Å². The molecule has 18 heavy (non-hydrogen) atoms. The quantitative estimate of drug-likeness (QED) is 0.469. The minimum Gasteiger partial charge on any atom is -0.392 e. The van der Waals surface area contributed by atoms with Crippen LogP contribution in [-0.4, -0.2) is 66.9 Å². The number of likely N-dealkylation sites (N-methyl/N-ethyl adjacent to an activating group) is 1. The Kier molecular flexibility index (Phi) is 8.23. The van der Waals surface area contributed by atoms with Gasteiger partial charge in [0.1, 0.15) is 0 Å².